The number of benzene rings is 1. The van der Waals surface area contributed by atoms with Crippen LogP contribution in [0.2, 0.25) is 0 Å². The predicted octanol–water partition coefficient (Wildman–Crippen LogP) is 2.78. The molecule has 0 aliphatic carbocycles. The number of hydrogen-bond acceptors (Lipinski definition) is 3. The Balaban J connectivity index is 2.86. The summed E-state index contributed by atoms with van der Waals surface area (Å²) in [7, 11) is 3.36. The van der Waals surface area contributed by atoms with Crippen molar-refractivity contribution in [1.82, 2.24) is 5.32 Å². The average molecular weight is 269 g/mol. The molecule has 0 amide bonds. The fourth-order valence-electron chi connectivity index (χ4n) is 2.26. The molecule has 2 atom stereocenters. The van der Waals surface area contributed by atoms with Crippen molar-refractivity contribution in [3.63, 3.8) is 0 Å². The molecular formula is C15H24FNO2. The molecule has 108 valence electrons. The SMILES string of the molecule is CCOC(CC)C(Cc1cccc(OC)c1F)NC. The first-order valence-electron chi connectivity index (χ1n) is 6.78. The van der Waals surface area contributed by atoms with Crippen molar-refractivity contribution in [3.05, 3.63) is 29.6 Å². The van der Waals surface area contributed by atoms with E-state index in [4.69, 9.17) is 9.47 Å². The number of methoxy groups -OCH3 is 1. The van der Waals surface area contributed by atoms with Gasteiger partial charge in [0.05, 0.1) is 13.2 Å². The van der Waals surface area contributed by atoms with Gasteiger partial charge >= 0.3 is 0 Å². The molecule has 4 heteroatoms. The molecule has 0 fully saturated rings. The zero-order valence-corrected chi connectivity index (χ0v) is 12.2. The summed E-state index contributed by atoms with van der Waals surface area (Å²) in [5, 5.41) is 3.22. The molecule has 0 aliphatic heterocycles. The van der Waals surface area contributed by atoms with Crippen LogP contribution in [0.25, 0.3) is 0 Å². The van der Waals surface area contributed by atoms with Crippen LogP contribution in [0.1, 0.15) is 25.8 Å². The fraction of sp³-hybridized carbons (Fsp3) is 0.600. The third-order valence-corrected chi connectivity index (χ3v) is 3.31. The molecule has 0 aliphatic rings. The Labute approximate surface area is 115 Å². The summed E-state index contributed by atoms with van der Waals surface area (Å²) >= 11 is 0. The van der Waals surface area contributed by atoms with Crippen LogP contribution in [-0.2, 0) is 11.2 Å². The third kappa shape index (κ3) is 4.18. The van der Waals surface area contributed by atoms with E-state index >= 15 is 0 Å². The lowest BCUT2D eigenvalue weighted by Gasteiger charge is -2.26. The van der Waals surface area contributed by atoms with Crippen LogP contribution in [0.15, 0.2) is 18.2 Å². The van der Waals surface area contributed by atoms with Crippen molar-refractivity contribution in [3.8, 4) is 5.75 Å². The fourth-order valence-corrected chi connectivity index (χ4v) is 2.26. The number of halogens is 1. The maximum atomic E-state index is 14.1. The van der Waals surface area contributed by atoms with E-state index in [-0.39, 0.29) is 23.7 Å². The first-order valence-corrected chi connectivity index (χ1v) is 6.78. The molecular weight excluding hydrogens is 245 g/mol. The standard InChI is InChI=1S/C15H24FNO2/c1-5-13(19-6-2)12(17-3)10-11-8-7-9-14(18-4)15(11)16/h7-9,12-13,17H,5-6,10H2,1-4H3. The smallest absolute Gasteiger partial charge is 0.168 e. The molecule has 1 N–H and O–H groups in total. The first kappa shape index (κ1) is 15.9. The number of likely N-dealkylation sites (N-methyl/N-ethyl adjacent to an activating group) is 1. The average Bonchev–Trinajstić information content (AvgIpc) is 2.44. The monoisotopic (exact) mass is 269 g/mol. The minimum absolute atomic E-state index is 0.0839. The summed E-state index contributed by atoms with van der Waals surface area (Å²) in [4.78, 5) is 0. The van der Waals surface area contributed by atoms with E-state index in [1.165, 1.54) is 7.11 Å². The summed E-state index contributed by atoms with van der Waals surface area (Å²) in [6.45, 7) is 4.71. The first-order chi connectivity index (χ1) is 9.17. The van der Waals surface area contributed by atoms with Crippen molar-refractivity contribution in [2.45, 2.75) is 38.8 Å². The topological polar surface area (TPSA) is 30.5 Å². The second-order valence-corrected chi connectivity index (χ2v) is 4.43. The summed E-state index contributed by atoms with van der Waals surface area (Å²) in [5.41, 5.74) is 0.650. The quantitative estimate of drug-likeness (QED) is 0.787. The highest BCUT2D eigenvalue weighted by atomic mass is 19.1. The Hall–Kier alpha value is -1.13. The van der Waals surface area contributed by atoms with E-state index in [1.807, 2.05) is 20.0 Å². The van der Waals surface area contributed by atoms with Gasteiger partial charge in [0.1, 0.15) is 0 Å². The molecule has 0 saturated heterocycles. The third-order valence-electron chi connectivity index (χ3n) is 3.31. The molecule has 1 aromatic carbocycles. The second-order valence-electron chi connectivity index (χ2n) is 4.43. The Morgan fingerprint density at radius 2 is 2.05 bits per heavy atom. The molecule has 0 spiro atoms. The van der Waals surface area contributed by atoms with E-state index in [1.54, 1.807) is 12.1 Å². The molecule has 19 heavy (non-hydrogen) atoms. The highest BCUT2D eigenvalue weighted by Gasteiger charge is 2.21. The van der Waals surface area contributed by atoms with Gasteiger partial charge in [-0.25, -0.2) is 4.39 Å². The van der Waals surface area contributed by atoms with Gasteiger partial charge in [0.2, 0.25) is 0 Å². The largest absolute Gasteiger partial charge is 0.494 e. The summed E-state index contributed by atoms with van der Waals surface area (Å²) in [6, 6.07) is 5.33. The van der Waals surface area contributed by atoms with Crippen LogP contribution in [0, 0.1) is 5.82 Å². The van der Waals surface area contributed by atoms with Crippen molar-refractivity contribution in [2.24, 2.45) is 0 Å². The lowest BCUT2D eigenvalue weighted by atomic mass is 9.99. The molecule has 0 aromatic heterocycles. The zero-order valence-electron chi connectivity index (χ0n) is 12.2. The lowest BCUT2D eigenvalue weighted by Crippen LogP contribution is -2.41. The number of ether oxygens (including phenoxy) is 2. The van der Waals surface area contributed by atoms with Gasteiger partial charge < -0.3 is 14.8 Å². The Bertz CT molecular complexity index is 384. The maximum Gasteiger partial charge on any atom is 0.168 e. The number of nitrogens with one attached hydrogen (secondary N) is 1. The molecule has 0 radical (unpaired) electrons. The minimum atomic E-state index is -0.281. The van der Waals surface area contributed by atoms with Crippen LogP contribution in [0.5, 0.6) is 5.75 Å². The Morgan fingerprint density at radius 3 is 2.58 bits per heavy atom. The van der Waals surface area contributed by atoms with Crippen LogP contribution >= 0.6 is 0 Å². The van der Waals surface area contributed by atoms with Crippen LogP contribution < -0.4 is 10.1 Å². The minimum Gasteiger partial charge on any atom is -0.494 e. The summed E-state index contributed by atoms with van der Waals surface area (Å²) < 4.78 is 24.8. The summed E-state index contributed by atoms with van der Waals surface area (Å²) in [5.74, 6) is 0.00779. The van der Waals surface area contributed by atoms with Gasteiger partial charge in [-0.15, -0.1) is 0 Å². The van der Waals surface area contributed by atoms with Crippen LogP contribution in [0.3, 0.4) is 0 Å². The Morgan fingerprint density at radius 1 is 1.32 bits per heavy atom. The van der Waals surface area contributed by atoms with Crippen molar-refractivity contribution in [2.75, 3.05) is 20.8 Å². The van der Waals surface area contributed by atoms with Gasteiger partial charge in [-0.3, -0.25) is 0 Å². The van der Waals surface area contributed by atoms with Gasteiger partial charge in [-0.05, 0) is 38.4 Å². The van der Waals surface area contributed by atoms with E-state index in [0.29, 0.717) is 18.6 Å². The van der Waals surface area contributed by atoms with Crippen LogP contribution in [0.4, 0.5) is 4.39 Å². The molecule has 0 bridgehead atoms. The van der Waals surface area contributed by atoms with Crippen molar-refractivity contribution < 1.29 is 13.9 Å². The summed E-state index contributed by atoms with van der Waals surface area (Å²) in [6.07, 6.45) is 1.56. The molecule has 2 unspecified atom stereocenters. The zero-order chi connectivity index (χ0) is 14.3. The molecule has 0 saturated carbocycles. The highest BCUT2D eigenvalue weighted by molar-refractivity contribution is 5.31. The Kier molecular flexibility index (Phi) is 6.81. The van der Waals surface area contributed by atoms with Gasteiger partial charge in [0, 0.05) is 12.6 Å². The van der Waals surface area contributed by atoms with Crippen molar-refractivity contribution >= 4 is 0 Å². The van der Waals surface area contributed by atoms with E-state index in [9.17, 15) is 4.39 Å². The van der Waals surface area contributed by atoms with E-state index < -0.39 is 0 Å². The molecule has 1 rings (SSSR count). The molecule has 1 aromatic rings. The van der Waals surface area contributed by atoms with Gasteiger partial charge in [-0.1, -0.05) is 19.1 Å². The van der Waals surface area contributed by atoms with E-state index in [0.717, 1.165) is 6.42 Å². The molecule has 0 heterocycles. The maximum absolute atomic E-state index is 14.1. The number of rotatable bonds is 8. The number of hydrogen-bond donors (Lipinski definition) is 1. The highest BCUT2D eigenvalue weighted by Crippen LogP contribution is 2.22. The predicted molar refractivity (Wildman–Crippen MR) is 75.2 cm³/mol. The van der Waals surface area contributed by atoms with Gasteiger partial charge in [0.15, 0.2) is 11.6 Å². The normalized spacial score (nSPS) is 14.2. The van der Waals surface area contributed by atoms with Crippen molar-refractivity contribution in [1.29, 1.82) is 0 Å². The van der Waals surface area contributed by atoms with Gasteiger partial charge in [0.25, 0.3) is 0 Å². The molecule has 3 nitrogen and oxygen atoms in total. The lowest BCUT2D eigenvalue weighted by molar-refractivity contribution is 0.0337. The van der Waals surface area contributed by atoms with E-state index in [2.05, 4.69) is 12.2 Å². The second kappa shape index (κ2) is 8.12. The van der Waals surface area contributed by atoms with Gasteiger partial charge in [-0.2, -0.15) is 0 Å². The van der Waals surface area contributed by atoms with Crippen LogP contribution in [-0.4, -0.2) is 32.9 Å².